The first-order valence-corrected chi connectivity index (χ1v) is 10.1. The van der Waals surface area contributed by atoms with Gasteiger partial charge in [-0.3, -0.25) is 4.72 Å². The Labute approximate surface area is 153 Å². The average molecular weight is 373 g/mol. The molecular formula is C19H23N3O3S. The minimum atomic E-state index is -3.34. The molecule has 138 valence electrons. The molecule has 0 aliphatic rings. The van der Waals surface area contributed by atoms with Crippen LogP contribution >= 0.6 is 0 Å². The number of nitrogens with zero attached hydrogens (tertiary/aromatic N) is 1. The molecule has 0 atom stereocenters. The maximum Gasteiger partial charge on any atom is 0.232 e. The first-order chi connectivity index (χ1) is 12.4. The van der Waals surface area contributed by atoms with Crippen LogP contribution in [-0.2, 0) is 16.6 Å². The highest BCUT2D eigenvalue weighted by molar-refractivity contribution is 7.92. The Balaban J connectivity index is 2.18. The fourth-order valence-electron chi connectivity index (χ4n) is 3.11. The Bertz CT molecular complexity index is 1060. The molecule has 1 heterocycles. The predicted octanol–water partition coefficient (Wildman–Crippen LogP) is 3.68. The zero-order valence-corrected chi connectivity index (χ0v) is 15.9. The summed E-state index contributed by atoms with van der Waals surface area (Å²) in [5, 5.41) is 0.917. The van der Waals surface area contributed by atoms with E-state index in [1.807, 2.05) is 30.3 Å². The summed E-state index contributed by atoms with van der Waals surface area (Å²) in [5.41, 5.74) is 10.4. The third-order valence-electron chi connectivity index (χ3n) is 4.42. The standard InChI is InChI=1S/C19H23N3O3S/c1-4-22-17-10-9-15(25-3)12-16(17)18(20)19(22)13-7-6-8-14(11-13)21-26(23,24)5-2/h6-12,21H,4-5,20H2,1-3H3. The summed E-state index contributed by atoms with van der Waals surface area (Å²) < 4.78 is 33.7. The van der Waals surface area contributed by atoms with Gasteiger partial charge in [-0.25, -0.2) is 8.42 Å². The number of methoxy groups -OCH3 is 1. The van der Waals surface area contributed by atoms with E-state index < -0.39 is 10.0 Å². The minimum Gasteiger partial charge on any atom is -0.497 e. The van der Waals surface area contributed by atoms with Crippen LogP contribution in [0.2, 0.25) is 0 Å². The van der Waals surface area contributed by atoms with Gasteiger partial charge in [-0.15, -0.1) is 0 Å². The van der Waals surface area contributed by atoms with E-state index >= 15 is 0 Å². The van der Waals surface area contributed by atoms with Crippen molar-refractivity contribution < 1.29 is 13.2 Å². The molecule has 0 spiro atoms. The van der Waals surface area contributed by atoms with Crippen LogP contribution in [0, 0.1) is 0 Å². The summed E-state index contributed by atoms with van der Waals surface area (Å²) >= 11 is 0. The zero-order valence-electron chi connectivity index (χ0n) is 15.1. The van der Waals surface area contributed by atoms with Crippen molar-refractivity contribution in [3.8, 4) is 17.0 Å². The maximum absolute atomic E-state index is 11.9. The van der Waals surface area contributed by atoms with Crippen LogP contribution in [0.3, 0.4) is 0 Å². The van der Waals surface area contributed by atoms with Gasteiger partial charge in [-0.2, -0.15) is 0 Å². The van der Waals surface area contributed by atoms with Crippen molar-refractivity contribution in [1.29, 1.82) is 0 Å². The number of anilines is 2. The Morgan fingerprint density at radius 1 is 1.15 bits per heavy atom. The molecule has 1 aromatic heterocycles. The van der Waals surface area contributed by atoms with E-state index in [1.165, 1.54) is 0 Å². The molecule has 26 heavy (non-hydrogen) atoms. The average Bonchev–Trinajstić information content (AvgIpc) is 2.93. The van der Waals surface area contributed by atoms with Gasteiger partial charge < -0.3 is 15.0 Å². The number of aryl methyl sites for hydroxylation is 1. The molecule has 0 fully saturated rings. The summed E-state index contributed by atoms with van der Waals surface area (Å²) in [5.74, 6) is 0.766. The van der Waals surface area contributed by atoms with E-state index in [4.69, 9.17) is 10.5 Å². The van der Waals surface area contributed by atoms with Crippen LogP contribution in [-0.4, -0.2) is 25.8 Å². The highest BCUT2D eigenvalue weighted by Gasteiger charge is 2.17. The zero-order chi connectivity index (χ0) is 18.9. The fourth-order valence-corrected chi connectivity index (χ4v) is 3.74. The van der Waals surface area contributed by atoms with Gasteiger partial charge in [0.05, 0.1) is 29.8 Å². The summed E-state index contributed by atoms with van der Waals surface area (Å²) in [6, 6.07) is 13.1. The van der Waals surface area contributed by atoms with E-state index in [0.717, 1.165) is 34.5 Å². The van der Waals surface area contributed by atoms with Crippen LogP contribution in [0.4, 0.5) is 11.4 Å². The van der Waals surface area contributed by atoms with Crippen LogP contribution in [0.15, 0.2) is 42.5 Å². The van der Waals surface area contributed by atoms with Gasteiger partial charge >= 0.3 is 0 Å². The molecular weight excluding hydrogens is 350 g/mol. The topological polar surface area (TPSA) is 86.4 Å². The molecule has 3 rings (SSSR count). The van der Waals surface area contributed by atoms with Crippen molar-refractivity contribution >= 4 is 32.3 Å². The Morgan fingerprint density at radius 2 is 1.92 bits per heavy atom. The summed E-state index contributed by atoms with van der Waals surface area (Å²) in [6.07, 6.45) is 0. The molecule has 3 aromatic rings. The highest BCUT2D eigenvalue weighted by Crippen LogP contribution is 2.38. The number of hydrogen-bond donors (Lipinski definition) is 2. The van der Waals surface area contributed by atoms with Gasteiger partial charge in [0.25, 0.3) is 0 Å². The number of nitrogen functional groups attached to an aromatic ring is 1. The molecule has 0 aliphatic carbocycles. The molecule has 0 aliphatic heterocycles. The molecule has 0 bridgehead atoms. The van der Waals surface area contributed by atoms with Gasteiger partial charge in [0.2, 0.25) is 10.0 Å². The summed E-state index contributed by atoms with van der Waals surface area (Å²) in [7, 11) is -1.71. The molecule has 6 nitrogen and oxygen atoms in total. The van der Waals surface area contributed by atoms with Crippen LogP contribution in [0.5, 0.6) is 5.75 Å². The van der Waals surface area contributed by atoms with Crippen LogP contribution in [0.25, 0.3) is 22.2 Å². The smallest absolute Gasteiger partial charge is 0.232 e. The van der Waals surface area contributed by atoms with Crippen LogP contribution < -0.4 is 15.2 Å². The van der Waals surface area contributed by atoms with E-state index in [0.29, 0.717) is 11.4 Å². The maximum atomic E-state index is 11.9. The lowest BCUT2D eigenvalue weighted by molar-refractivity contribution is 0.415. The molecule has 7 heteroatoms. The predicted molar refractivity (Wildman–Crippen MR) is 107 cm³/mol. The Kier molecular flexibility index (Phi) is 4.82. The monoisotopic (exact) mass is 373 g/mol. The van der Waals surface area contributed by atoms with Gasteiger partial charge in [0.1, 0.15) is 5.75 Å². The number of rotatable bonds is 6. The second kappa shape index (κ2) is 6.92. The molecule has 0 radical (unpaired) electrons. The fraction of sp³-hybridized carbons (Fsp3) is 0.263. The van der Waals surface area contributed by atoms with Gasteiger partial charge in [0, 0.05) is 23.2 Å². The van der Waals surface area contributed by atoms with Crippen molar-refractivity contribution in [3.05, 3.63) is 42.5 Å². The molecule has 0 saturated heterocycles. The minimum absolute atomic E-state index is 0.0222. The number of aromatic nitrogens is 1. The Hall–Kier alpha value is -2.67. The second-order valence-electron chi connectivity index (χ2n) is 5.98. The normalized spacial score (nSPS) is 11.7. The number of fused-ring (bicyclic) bond motifs is 1. The van der Waals surface area contributed by atoms with Crippen molar-refractivity contribution in [3.63, 3.8) is 0 Å². The number of sulfonamides is 1. The van der Waals surface area contributed by atoms with Crippen molar-refractivity contribution in [2.75, 3.05) is 23.3 Å². The van der Waals surface area contributed by atoms with Crippen molar-refractivity contribution in [1.82, 2.24) is 4.57 Å². The molecule has 3 N–H and O–H groups in total. The third-order valence-corrected chi connectivity index (χ3v) is 5.72. The number of ether oxygens (including phenoxy) is 1. The third kappa shape index (κ3) is 3.22. The second-order valence-corrected chi connectivity index (χ2v) is 7.99. The van der Waals surface area contributed by atoms with E-state index in [1.54, 1.807) is 26.2 Å². The largest absolute Gasteiger partial charge is 0.497 e. The first-order valence-electron chi connectivity index (χ1n) is 8.46. The first kappa shape index (κ1) is 18.1. The van der Waals surface area contributed by atoms with Crippen molar-refractivity contribution in [2.24, 2.45) is 0 Å². The SMILES string of the molecule is CCn1c(-c2cccc(NS(=O)(=O)CC)c2)c(N)c2cc(OC)ccc21. The quantitative estimate of drug-likeness (QED) is 0.690. The summed E-state index contributed by atoms with van der Waals surface area (Å²) in [4.78, 5) is 0. The number of benzene rings is 2. The van der Waals surface area contributed by atoms with Crippen molar-refractivity contribution in [2.45, 2.75) is 20.4 Å². The number of nitrogens with two attached hydrogens (primary N) is 1. The number of nitrogens with one attached hydrogen (secondary N) is 1. The molecule has 0 saturated carbocycles. The van der Waals surface area contributed by atoms with Gasteiger partial charge in [0.15, 0.2) is 0 Å². The van der Waals surface area contributed by atoms with E-state index in [9.17, 15) is 8.42 Å². The Morgan fingerprint density at radius 3 is 2.58 bits per heavy atom. The lowest BCUT2D eigenvalue weighted by Crippen LogP contribution is -2.14. The lowest BCUT2D eigenvalue weighted by Gasteiger charge is -2.11. The molecule has 2 aromatic carbocycles. The van der Waals surface area contributed by atoms with E-state index in [2.05, 4.69) is 16.2 Å². The highest BCUT2D eigenvalue weighted by atomic mass is 32.2. The van der Waals surface area contributed by atoms with E-state index in [-0.39, 0.29) is 5.75 Å². The van der Waals surface area contributed by atoms with Crippen LogP contribution in [0.1, 0.15) is 13.8 Å². The van der Waals surface area contributed by atoms with Gasteiger partial charge in [-0.05, 0) is 44.2 Å². The number of hydrogen-bond acceptors (Lipinski definition) is 4. The lowest BCUT2D eigenvalue weighted by atomic mass is 10.1. The summed E-state index contributed by atoms with van der Waals surface area (Å²) in [6.45, 7) is 4.39. The molecule has 0 unspecified atom stereocenters. The van der Waals surface area contributed by atoms with Gasteiger partial charge in [-0.1, -0.05) is 12.1 Å². The molecule has 0 amide bonds.